The van der Waals surface area contributed by atoms with E-state index in [0.29, 0.717) is 17.7 Å². The minimum absolute atomic E-state index is 0.128. The summed E-state index contributed by atoms with van der Waals surface area (Å²) in [4.78, 5) is 23.1. The van der Waals surface area contributed by atoms with E-state index in [9.17, 15) is 9.18 Å². The predicted molar refractivity (Wildman–Crippen MR) is 98.2 cm³/mol. The van der Waals surface area contributed by atoms with Crippen LogP contribution in [0.2, 0.25) is 0 Å². The summed E-state index contributed by atoms with van der Waals surface area (Å²) in [6, 6.07) is 11.8. The molecule has 0 unspecified atom stereocenters. The van der Waals surface area contributed by atoms with E-state index in [1.165, 1.54) is 6.07 Å². The number of hydrogen-bond donors (Lipinski definition) is 0. The van der Waals surface area contributed by atoms with Crippen LogP contribution in [0.25, 0.3) is 0 Å². The number of benzene rings is 1. The first-order chi connectivity index (χ1) is 12.6. The average molecular weight is 349 g/mol. The maximum Gasteiger partial charge on any atom is 0.256 e. The summed E-state index contributed by atoms with van der Waals surface area (Å²) in [7, 11) is 0. The monoisotopic (exact) mass is 349 g/mol. The van der Waals surface area contributed by atoms with Crippen LogP contribution in [0, 0.1) is 12.7 Å². The lowest BCUT2D eigenvalue weighted by Gasteiger charge is -2.32. The maximum atomic E-state index is 13.8. The lowest BCUT2D eigenvalue weighted by atomic mass is 9.96. The van der Waals surface area contributed by atoms with Gasteiger partial charge in [0, 0.05) is 31.3 Å². The van der Waals surface area contributed by atoms with Crippen molar-refractivity contribution in [2.24, 2.45) is 0 Å². The molecule has 1 aromatic carbocycles. The van der Waals surface area contributed by atoms with Gasteiger partial charge in [-0.25, -0.2) is 4.39 Å². The second kappa shape index (κ2) is 7.87. The summed E-state index contributed by atoms with van der Waals surface area (Å²) < 4.78 is 13.8. The molecule has 132 valence electrons. The van der Waals surface area contributed by atoms with Crippen LogP contribution >= 0.6 is 0 Å². The van der Waals surface area contributed by atoms with Crippen molar-refractivity contribution in [3.63, 3.8) is 0 Å². The van der Waals surface area contributed by atoms with Crippen molar-refractivity contribution in [2.75, 3.05) is 6.54 Å². The molecule has 0 aliphatic heterocycles. The third-order valence-corrected chi connectivity index (χ3v) is 4.32. The van der Waals surface area contributed by atoms with Gasteiger partial charge in [0.05, 0.1) is 11.6 Å². The Labute approximate surface area is 152 Å². The number of hydrogen-bond acceptors (Lipinski definition) is 3. The summed E-state index contributed by atoms with van der Waals surface area (Å²) in [6.45, 7) is 4.14. The van der Waals surface area contributed by atoms with Crippen LogP contribution in [-0.4, -0.2) is 27.3 Å². The molecule has 2 heterocycles. The summed E-state index contributed by atoms with van der Waals surface area (Å²) >= 11 is 0. The molecule has 0 aliphatic carbocycles. The molecular formula is C21H20FN3O. The maximum absolute atomic E-state index is 13.8. The number of halogens is 1. The molecule has 2 aromatic heterocycles. The quantitative estimate of drug-likeness (QED) is 0.694. The minimum Gasteiger partial charge on any atom is -0.328 e. The zero-order valence-corrected chi connectivity index (χ0v) is 14.8. The van der Waals surface area contributed by atoms with Gasteiger partial charge < -0.3 is 4.90 Å². The second-order valence-corrected chi connectivity index (χ2v) is 6.03. The Morgan fingerprint density at radius 2 is 1.81 bits per heavy atom. The Balaban J connectivity index is 2.09. The fourth-order valence-corrected chi connectivity index (χ4v) is 3.03. The van der Waals surface area contributed by atoms with Crippen LogP contribution < -0.4 is 0 Å². The number of rotatable bonds is 5. The normalized spacial score (nSPS) is 11.8. The molecule has 0 radical (unpaired) electrons. The topological polar surface area (TPSA) is 46.1 Å². The van der Waals surface area contributed by atoms with E-state index in [-0.39, 0.29) is 17.8 Å². The predicted octanol–water partition coefficient (Wildman–Crippen LogP) is 4.18. The number of pyridine rings is 2. The Morgan fingerprint density at radius 3 is 2.38 bits per heavy atom. The Bertz CT molecular complexity index is 884. The van der Waals surface area contributed by atoms with Crippen molar-refractivity contribution in [1.29, 1.82) is 0 Å². The molecule has 4 nitrogen and oxygen atoms in total. The fourth-order valence-electron chi connectivity index (χ4n) is 3.03. The lowest BCUT2D eigenvalue weighted by Crippen LogP contribution is -2.35. The van der Waals surface area contributed by atoms with E-state index in [2.05, 4.69) is 9.97 Å². The molecule has 1 amide bonds. The number of carbonyl (C=O) groups is 1. The lowest BCUT2D eigenvalue weighted by molar-refractivity contribution is 0.0716. The molecule has 0 fully saturated rings. The van der Waals surface area contributed by atoms with Gasteiger partial charge in [0.1, 0.15) is 5.82 Å². The molecule has 5 heteroatoms. The van der Waals surface area contributed by atoms with Crippen LogP contribution in [0.4, 0.5) is 4.39 Å². The van der Waals surface area contributed by atoms with Gasteiger partial charge in [0.25, 0.3) is 5.91 Å². The van der Waals surface area contributed by atoms with E-state index in [1.54, 1.807) is 60.9 Å². The molecule has 26 heavy (non-hydrogen) atoms. The number of aryl methyl sites for hydroxylation is 1. The number of carbonyl (C=O) groups excluding carboxylic acids is 1. The van der Waals surface area contributed by atoms with Gasteiger partial charge >= 0.3 is 0 Å². The Kier molecular flexibility index (Phi) is 5.37. The molecule has 0 spiro atoms. The van der Waals surface area contributed by atoms with E-state index >= 15 is 0 Å². The van der Waals surface area contributed by atoms with Crippen molar-refractivity contribution >= 4 is 5.91 Å². The third-order valence-electron chi connectivity index (χ3n) is 4.32. The second-order valence-electron chi connectivity index (χ2n) is 6.03. The van der Waals surface area contributed by atoms with Crippen LogP contribution in [-0.2, 0) is 0 Å². The van der Waals surface area contributed by atoms with Gasteiger partial charge in [0.2, 0.25) is 0 Å². The van der Waals surface area contributed by atoms with Crippen LogP contribution in [0.3, 0.4) is 0 Å². The summed E-state index contributed by atoms with van der Waals surface area (Å²) in [5, 5.41) is 0. The highest BCUT2D eigenvalue weighted by molar-refractivity contribution is 5.94. The number of amides is 1. The zero-order valence-electron chi connectivity index (χ0n) is 14.8. The summed E-state index contributed by atoms with van der Waals surface area (Å²) in [6.07, 6.45) is 6.62. The third kappa shape index (κ3) is 3.61. The van der Waals surface area contributed by atoms with Gasteiger partial charge in [-0.1, -0.05) is 18.2 Å². The van der Waals surface area contributed by atoms with E-state index in [1.807, 2.05) is 19.1 Å². The van der Waals surface area contributed by atoms with Gasteiger partial charge in [-0.15, -0.1) is 0 Å². The van der Waals surface area contributed by atoms with Gasteiger partial charge in [-0.05, 0) is 54.8 Å². The fraction of sp³-hybridized carbons (Fsp3) is 0.190. The Hall–Kier alpha value is -3.08. The van der Waals surface area contributed by atoms with Gasteiger partial charge in [-0.3, -0.25) is 14.8 Å². The summed E-state index contributed by atoms with van der Waals surface area (Å²) in [5.41, 5.74) is 2.77. The molecule has 0 saturated heterocycles. The minimum atomic E-state index is -0.360. The zero-order chi connectivity index (χ0) is 18.5. The first kappa shape index (κ1) is 17.7. The average Bonchev–Trinajstić information content (AvgIpc) is 2.69. The molecule has 0 aliphatic rings. The van der Waals surface area contributed by atoms with Gasteiger partial charge in [-0.2, -0.15) is 0 Å². The molecule has 0 bridgehead atoms. The largest absolute Gasteiger partial charge is 0.328 e. The first-order valence-corrected chi connectivity index (χ1v) is 8.48. The molecule has 0 N–H and O–H groups in total. The van der Waals surface area contributed by atoms with Crippen molar-refractivity contribution in [1.82, 2.24) is 14.9 Å². The SMILES string of the molecule is CCN(C(=O)c1cccnc1)[C@@H](c1cccnc1)c1ccc(F)c(C)c1. The number of nitrogens with zero attached hydrogens (tertiary/aromatic N) is 3. The molecular weight excluding hydrogens is 329 g/mol. The van der Waals surface area contributed by atoms with Crippen LogP contribution in [0.15, 0.2) is 67.3 Å². The van der Waals surface area contributed by atoms with Crippen molar-refractivity contribution in [3.8, 4) is 0 Å². The van der Waals surface area contributed by atoms with E-state index in [4.69, 9.17) is 0 Å². The van der Waals surface area contributed by atoms with Crippen LogP contribution in [0.5, 0.6) is 0 Å². The highest BCUT2D eigenvalue weighted by Gasteiger charge is 2.27. The summed E-state index contributed by atoms with van der Waals surface area (Å²) in [5.74, 6) is -0.392. The van der Waals surface area contributed by atoms with Crippen molar-refractivity contribution in [2.45, 2.75) is 19.9 Å². The van der Waals surface area contributed by atoms with Crippen molar-refractivity contribution in [3.05, 3.63) is 95.3 Å². The smallest absolute Gasteiger partial charge is 0.256 e. The van der Waals surface area contributed by atoms with E-state index < -0.39 is 0 Å². The molecule has 3 rings (SSSR count). The first-order valence-electron chi connectivity index (χ1n) is 8.48. The van der Waals surface area contributed by atoms with Crippen molar-refractivity contribution < 1.29 is 9.18 Å². The highest BCUT2D eigenvalue weighted by Crippen LogP contribution is 2.30. The highest BCUT2D eigenvalue weighted by atomic mass is 19.1. The number of aromatic nitrogens is 2. The standard InChI is InChI=1S/C21H20FN3O/c1-3-25(21(26)18-7-5-11-24-14-18)20(17-6-4-10-23-13-17)16-8-9-19(22)15(2)12-16/h4-14,20H,3H2,1-2H3/t20-/m1/s1. The molecule has 1 atom stereocenters. The van der Waals surface area contributed by atoms with Gasteiger partial charge in [0.15, 0.2) is 0 Å². The van der Waals surface area contributed by atoms with E-state index in [0.717, 1.165) is 11.1 Å². The molecule has 0 saturated carbocycles. The molecule has 3 aromatic rings. The van der Waals surface area contributed by atoms with Crippen LogP contribution in [0.1, 0.15) is 40.0 Å². The Morgan fingerprint density at radius 1 is 1.08 bits per heavy atom.